The minimum absolute atomic E-state index is 0.0179. The van der Waals surface area contributed by atoms with E-state index in [-0.39, 0.29) is 6.04 Å². The molecule has 0 amide bonds. The third-order valence-electron chi connectivity index (χ3n) is 3.66. The maximum absolute atomic E-state index is 5.74. The average Bonchev–Trinajstić information content (AvgIpc) is 2.52. The van der Waals surface area contributed by atoms with Gasteiger partial charge in [-0.15, -0.1) is 0 Å². The van der Waals surface area contributed by atoms with Crippen LogP contribution in [0.1, 0.15) is 22.9 Å². The summed E-state index contributed by atoms with van der Waals surface area (Å²) >= 11 is 0. The lowest BCUT2D eigenvalue weighted by Crippen LogP contribution is -2.30. The summed E-state index contributed by atoms with van der Waals surface area (Å²) in [6.07, 6.45) is 4.44. The van der Waals surface area contributed by atoms with Gasteiger partial charge < -0.3 is 0 Å². The monoisotopic (exact) mass is 278 g/mol. The predicted octanol–water partition coefficient (Wildman–Crippen LogP) is 2.69. The molecule has 0 bridgehead atoms. The van der Waals surface area contributed by atoms with Crippen LogP contribution in [0.25, 0.3) is 10.9 Å². The summed E-state index contributed by atoms with van der Waals surface area (Å²) < 4.78 is 0. The number of benzene rings is 1. The number of nitrogens with one attached hydrogen (secondary N) is 1. The van der Waals surface area contributed by atoms with E-state index in [1.54, 1.807) is 0 Å². The number of pyridine rings is 2. The topological polar surface area (TPSA) is 63.8 Å². The fourth-order valence-corrected chi connectivity index (χ4v) is 2.55. The standard InChI is InChI=1S/C17H18N4/c1-12-6-8-20-16(10-12)17(21-18)11-13-7-9-19-15-5-3-2-4-14(13)15/h2-10,17,21H,11,18H2,1H3. The Bertz CT molecular complexity index is 749. The number of hydrogen-bond donors (Lipinski definition) is 2. The Morgan fingerprint density at radius 1 is 1.10 bits per heavy atom. The first kappa shape index (κ1) is 13.7. The molecule has 3 aromatic rings. The fraction of sp³-hybridized carbons (Fsp3) is 0.176. The third-order valence-corrected chi connectivity index (χ3v) is 3.66. The molecule has 2 heterocycles. The Balaban J connectivity index is 1.96. The first-order valence-corrected chi connectivity index (χ1v) is 6.99. The molecule has 0 spiro atoms. The van der Waals surface area contributed by atoms with Crippen molar-refractivity contribution in [3.8, 4) is 0 Å². The summed E-state index contributed by atoms with van der Waals surface area (Å²) in [6.45, 7) is 2.06. The van der Waals surface area contributed by atoms with Crippen LogP contribution in [0.3, 0.4) is 0 Å². The number of fused-ring (bicyclic) bond motifs is 1. The van der Waals surface area contributed by atoms with Gasteiger partial charge in [0.15, 0.2) is 0 Å². The van der Waals surface area contributed by atoms with Gasteiger partial charge in [-0.05, 0) is 48.7 Å². The molecule has 1 unspecified atom stereocenters. The van der Waals surface area contributed by atoms with Crippen LogP contribution in [-0.4, -0.2) is 9.97 Å². The van der Waals surface area contributed by atoms with Crippen molar-refractivity contribution in [2.24, 2.45) is 5.84 Å². The number of rotatable bonds is 4. The highest BCUT2D eigenvalue weighted by Gasteiger charge is 2.14. The lowest BCUT2D eigenvalue weighted by atomic mass is 9.99. The van der Waals surface area contributed by atoms with Crippen molar-refractivity contribution in [2.75, 3.05) is 0 Å². The summed E-state index contributed by atoms with van der Waals surface area (Å²) in [4.78, 5) is 8.82. The predicted molar refractivity (Wildman–Crippen MR) is 84.5 cm³/mol. The lowest BCUT2D eigenvalue weighted by Gasteiger charge is -2.17. The van der Waals surface area contributed by atoms with Gasteiger partial charge in [0.1, 0.15) is 0 Å². The molecule has 0 radical (unpaired) electrons. The van der Waals surface area contributed by atoms with Crippen LogP contribution in [0.2, 0.25) is 0 Å². The van der Waals surface area contributed by atoms with E-state index in [0.717, 1.165) is 23.0 Å². The number of nitrogens with zero attached hydrogens (tertiary/aromatic N) is 2. The molecule has 2 aromatic heterocycles. The van der Waals surface area contributed by atoms with Crippen molar-refractivity contribution in [2.45, 2.75) is 19.4 Å². The molecule has 0 saturated heterocycles. The Labute approximate surface area is 124 Å². The zero-order chi connectivity index (χ0) is 14.7. The number of hydrogen-bond acceptors (Lipinski definition) is 4. The Hall–Kier alpha value is -2.30. The second-order valence-corrected chi connectivity index (χ2v) is 5.17. The van der Waals surface area contributed by atoms with Crippen molar-refractivity contribution in [1.82, 2.24) is 15.4 Å². The van der Waals surface area contributed by atoms with Gasteiger partial charge >= 0.3 is 0 Å². The second-order valence-electron chi connectivity index (χ2n) is 5.17. The molecular formula is C17H18N4. The number of aromatic nitrogens is 2. The normalized spacial score (nSPS) is 12.5. The van der Waals surface area contributed by atoms with E-state index in [9.17, 15) is 0 Å². The maximum Gasteiger partial charge on any atom is 0.0704 e. The Morgan fingerprint density at radius 3 is 2.71 bits per heavy atom. The highest BCUT2D eigenvalue weighted by molar-refractivity contribution is 5.81. The minimum atomic E-state index is -0.0179. The summed E-state index contributed by atoms with van der Waals surface area (Å²) in [6, 6.07) is 14.2. The van der Waals surface area contributed by atoms with Crippen LogP contribution in [0.5, 0.6) is 0 Å². The van der Waals surface area contributed by atoms with E-state index in [2.05, 4.69) is 34.5 Å². The lowest BCUT2D eigenvalue weighted by molar-refractivity contribution is 0.539. The number of aryl methyl sites for hydroxylation is 1. The van der Waals surface area contributed by atoms with Gasteiger partial charge in [0.05, 0.1) is 17.3 Å². The van der Waals surface area contributed by atoms with Gasteiger partial charge in [-0.1, -0.05) is 18.2 Å². The summed E-state index contributed by atoms with van der Waals surface area (Å²) in [5.74, 6) is 5.74. The third kappa shape index (κ3) is 2.91. The quantitative estimate of drug-likeness (QED) is 0.569. The molecule has 3 rings (SSSR count). The smallest absolute Gasteiger partial charge is 0.0704 e. The molecule has 0 aliphatic rings. The molecule has 0 aliphatic carbocycles. The van der Waals surface area contributed by atoms with Crippen LogP contribution in [-0.2, 0) is 6.42 Å². The van der Waals surface area contributed by atoms with Crippen molar-refractivity contribution >= 4 is 10.9 Å². The van der Waals surface area contributed by atoms with E-state index < -0.39 is 0 Å². The summed E-state index contributed by atoms with van der Waals surface area (Å²) in [7, 11) is 0. The largest absolute Gasteiger partial charge is 0.271 e. The van der Waals surface area contributed by atoms with Crippen LogP contribution < -0.4 is 11.3 Å². The summed E-state index contributed by atoms with van der Waals surface area (Å²) in [5, 5.41) is 1.16. The minimum Gasteiger partial charge on any atom is -0.271 e. The van der Waals surface area contributed by atoms with Gasteiger partial charge in [0, 0.05) is 17.8 Å². The van der Waals surface area contributed by atoms with Crippen LogP contribution >= 0.6 is 0 Å². The number of hydrazine groups is 1. The van der Waals surface area contributed by atoms with Crippen LogP contribution in [0.15, 0.2) is 54.9 Å². The molecular weight excluding hydrogens is 260 g/mol. The number of para-hydroxylation sites is 1. The van der Waals surface area contributed by atoms with Crippen molar-refractivity contribution in [3.63, 3.8) is 0 Å². The zero-order valence-corrected chi connectivity index (χ0v) is 12.0. The second kappa shape index (κ2) is 5.99. The SMILES string of the molecule is Cc1ccnc(C(Cc2ccnc3ccccc23)NN)c1. The van der Waals surface area contributed by atoms with E-state index in [1.165, 1.54) is 11.1 Å². The van der Waals surface area contributed by atoms with Crippen molar-refractivity contribution in [3.05, 3.63) is 71.7 Å². The van der Waals surface area contributed by atoms with E-state index >= 15 is 0 Å². The Kier molecular flexibility index (Phi) is 3.90. The highest BCUT2D eigenvalue weighted by Crippen LogP contribution is 2.22. The average molecular weight is 278 g/mol. The molecule has 4 nitrogen and oxygen atoms in total. The zero-order valence-electron chi connectivity index (χ0n) is 12.0. The first-order chi connectivity index (χ1) is 10.3. The van der Waals surface area contributed by atoms with Gasteiger partial charge in [-0.2, -0.15) is 0 Å². The van der Waals surface area contributed by atoms with E-state index in [0.29, 0.717) is 0 Å². The van der Waals surface area contributed by atoms with Gasteiger partial charge in [0.2, 0.25) is 0 Å². The summed E-state index contributed by atoms with van der Waals surface area (Å²) in [5.41, 5.74) is 7.23. The highest BCUT2D eigenvalue weighted by atomic mass is 15.2. The molecule has 0 fully saturated rings. The van der Waals surface area contributed by atoms with Crippen LogP contribution in [0.4, 0.5) is 0 Å². The van der Waals surface area contributed by atoms with E-state index in [4.69, 9.17) is 5.84 Å². The van der Waals surface area contributed by atoms with Gasteiger partial charge in [-0.3, -0.25) is 21.2 Å². The first-order valence-electron chi connectivity index (χ1n) is 6.99. The molecule has 0 aliphatic heterocycles. The molecule has 0 saturated carbocycles. The molecule has 1 aromatic carbocycles. The number of nitrogens with two attached hydrogens (primary N) is 1. The fourth-order valence-electron chi connectivity index (χ4n) is 2.55. The van der Waals surface area contributed by atoms with Crippen molar-refractivity contribution in [1.29, 1.82) is 0 Å². The van der Waals surface area contributed by atoms with Crippen molar-refractivity contribution < 1.29 is 0 Å². The van der Waals surface area contributed by atoms with E-state index in [1.807, 2.05) is 42.7 Å². The van der Waals surface area contributed by atoms with Gasteiger partial charge in [0.25, 0.3) is 0 Å². The maximum atomic E-state index is 5.74. The Morgan fingerprint density at radius 2 is 1.90 bits per heavy atom. The molecule has 4 heteroatoms. The molecule has 106 valence electrons. The van der Waals surface area contributed by atoms with Crippen LogP contribution in [0, 0.1) is 6.92 Å². The molecule has 1 atom stereocenters. The van der Waals surface area contributed by atoms with Gasteiger partial charge in [-0.25, -0.2) is 0 Å². The molecule has 3 N–H and O–H groups in total. The molecule has 21 heavy (non-hydrogen) atoms.